The number of rotatable bonds is 4. The zero-order chi connectivity index (χ0) is 13.9. The van der Waals surface area contributed by atoms with Gasteiger partial charge >= 0.3 is 0 Å². The van der Waals surface area contributed by atoms with Gasteiger partial charge in [0, 0.05) is 24.8 Å². The first-order valence-corrected chi connectivity index (χ1v) is 8.05. The average molecular weight is 276 g/mol. The molecule has 1 aromatic carbocycles. The summed E-state index contributed by atoms with van der Waals surface area (Å²) in [4.78, 5) is 2.15. The Morgan fingerprint density at radius 3 is 2.50 bits per heavy atom. The first-order chi connectivity index (χ1) is 9.74. The normalized spacial score (nSPS) is 21.4. The van der Waals surface area contributed by atoms with Gasteiger partial charge in [0.15, 0.2) is 0 Å². The number of nitrogens with one attached hydrogen (secondary N) is 1. The predicted octanol–water partition coefficient (Wildman–Crippen LogP) is 4.42. The lowest BCUT2D eigenvalue weighted by Gasteiger charge is -2.23. The largest absolute Gasteiger partial charge is 0.382 e. The molecular weight excluding hydrogens is 251 g/mol. The van der Waals surface area contributed by atoms with Crippen LogP contribution in [0.2, 0.25) is 0 Å². The molecule has 1 atom stereocenters. The molecule has 3 rings (SSSR count). The molecule has 0 bridgehead atoms. The molecule has 1 unspecified atom stereocenters. The van der Waals surface area contributed by atoms with Crippen LogP contribution in [0.1, 0.15) is 45.4 Å². The number of benzene rings is 1. The van der Waals surface area contributed by atoms with Gasteiger partial charge in [-0.25, -0.2) is 4.39 Å². The molecule has 0 amide bonds. The summed E-state index contributed by atoms with van der Waals surface area (Å²) >= 11 is 0. The number of hydrogen-bond donors (Lipinski definition) is 1. The number of nitrogens with zero attached hydrogens (tertiary/aromatic N) is 1. The highest BCUT2D eigenvalue weighted by Gasteiger charge is 2.22. The first kappa shape index (κ1) is 13.7. The van der Waals surface area contributed by atoms with E-state index in [0.29, 0.717) is 6.04 Å². The molecule has 0 aromatic heterocycles. The van der Waals surface area contributed by atoms with Crippen molar-refractivity contribution in [2.24, 2.45) is 5.92 Å². The van der Waals surface area contributed by atoms with Crippen LogP contribution >= 0.6 is 0 Å². The lowest BCUT2D eigenvalue weighted by atomic mass is 9.99. The Kier molecular flexibility index (Phi) is 4.13. The lowest BCUT2D eigenvalue weighted by molar-refractivity contribution is 0.482. The third-order valence-electron chi connectivity index (χ3n) is 4.90. The van der Waals surface area contributed by atoms with E-state index in [4.69, 9.17) is 0 Å². The average Bonchev–Trinajstić information content (AvgIpc) is 3.12. The van der Waals surface area contributed by atoms with Crippen LogP contribution in [0.15, 0.2) is 18.2 Å². The highest BCUT2D eigenvalue weighted by Crippen LogP contribution is 2.31. The first-order valence-electron chi connectivity index (χ1n) is 8.05. The van der Waals surface area contributed by atoms with Gasteiger partial charge in [-0.05, 0) is 56.7 Å². The van der Waals surface area contributed by atoms with Crippen LogP contribution in [0.4, 0.5) is 15.8 Å². The Morgan fingerprint density at radius 2 is 1.85 bits per heavy atom. The van der Waals surface area contributed by atoms with Gasteiger partial charge < -0.3 is 10.2 Å². The third kappa shape index (κ3) is 2.92. The number of anilines is 2. The minimum atomic E-state index is -0.0875. The van der Waals surface area contributed by atoms with Crippen molar-refractivity contribution in [3.63, 3.8) is 0 Å². The molecule has 3 heteroatoms. The minimum absolute atomic E-state index is 0.0875. The summed E-state index contributed by atoms with van der Waals surface area (Å²) in [6, 6.07) is 6.07. The van der Waals surface area contributed by atoms with Crippen LogP contribution < -0.4 is 10.2 Å². The van der Waals surface area contributed by atoms with Gasteiger partial charge in [-0.2, -0.15) is 0 Å². The molecular formula is C17H25FN2. The molecule has 1 aliphatic carbocycles. The topological polar surface area (TPSA) is 15.3 Å². The maximum atomic E-state index is 14.2. The molecule has 1 heterocycles. The molecule has 1 saturated carbocycles. The van der Waals surface area contributed by atoms with Crippen molar-refractivity contribution in [2.45, 2.75) is 51.5 Å². The molecule has 20 heavy (non-hydrogen) atoms. The second-order valence-corrected chi connectivity index (χ2v) is 6.34. The van der Waals surface area contributed by atoms with Crippen LogP contribution in [0.3, 0.4) is 0 Å². The van der Waals surface area contributed by atoms with E-state index >= 15 is 0 Å². The van der Waals surface area contributed by atoms with E-state index in [2.05, 4.69) is 17.1 Å². The number of hydrogen-bond acceptors (Lipinski definition) is 2. The predicted molar refractivity (Wildman–Crippen MR) is 82.9 cm³/mol. The van der Waals surface area contributed by atoms with Crippen molar-refractivity contribution < 1.29 is 4.39 Å². The fraction of sp³-hybridized carbons (Fsp3) is 0.647. The summed E-state index contributed by atoms with van der Waals surface area (Å²) in [5.41, 5.74) is 1.69. The van der Waals surface area contributed by atoms with Gasteiger partial charge in [0.1, 0.15) is 5.82 Å². The molecule has 1 aromatic rings. The number of halogens is 1. The van der Waals surface area contributed by atoms with Crippen molar-refractivity contribution in [3.05, 3.63) is 24.0 Å². The van der Waals surface area contributed by atoms with E-state index in [1.165, 1.54) is 38.5 Å². The van der Waals surface area contributed by atoms with Crippen molar-refractivity contribution in [2.75, 3.05) is 23.3 Å². The monoisotopic (exact) mass is 276 g/mol. The van der Waals surface area contributed by atoms with Crippen molar-refractivity contribution in [1.29, 1.82) is 0 Å². The van der Waals surface area contributed by atoms with E-state index < -0.39 is 0 Å². The van der Waals surface area contributed by atoms with Crippen LogP contribution in [0.25, 0.3) is 0 Å². The van der Waals surface area contributed by atoms with Crippen LogP contribution in [-0.4, -0.2) is 19.1 Å². The second kappa shape index (κ2) is 6.02. The summed E-state index contributed by atoms with van der Waals surface area (Å²) in [6.07, 6.45) is 7.67. The molecule has 1 N–H and O–H groups in total. The summed E-state index contributed by atoms with van der Waals surface area (Å²) in [6.45, 7) is 4.20. The standard InChI is InChI=1S/C17H25FN2/c1-13(14-6-2-3-7-14)19-15-8-9-17(16(18)12-15)20-10-4-5-11-20/h8-9,12-14,19H,2-7,10-11H2,1H3. The fourth-order valence-corrected chi connectivity index (χ4v) is 3.65. The molecule has 1 saturated heterocycles. The summed E-state index contributed by atoms with van der Waals surface area (Å²) in [5, 5.41) is 3.48. The molecule has 2 aliphatic rings. The Morgan fingerprint density at radius 1 is 1.15 bits per heavy atom. The van der Waals surface area contributed by atoms with Crippen LogP contribution in [0, 0.1) is 11.7 Å². The van der Waals surface area contributed by atoms with E-state index in [1.807, 2.05) is 12.1 Å². The highest BCUT2D eigenvalue weighted by atomic mass is 19.1. The lowest BCUT2D eigenvalue weighted by Crippen LogP contribution is -2.24. The minimum Gasteiger partial charge on any atom is -0.382 e. The maximum absolute atomic E-state index is 14.2. The van der Waals surface area contributed by atoms with E-state index in [0.717, 1.165) is 30.4 Å². The molecule has 2 nitrogen and oxygen atoms in total. The van der Waals surface area contributed by atoms with Gasteiger partial charge in [0.05, 0.1) is 5.69 Å². The Hall–Kier alpha value is -1.25. The summed E-state index contributed by atoms with van der Waals surface area (Å²) < 4.78 is 14.2. The molecule has 0 spiro atoms. The molecule has 1 aliphatic heterocycles. The Balaban J connectivity index is 1.66. The Labute approximate surface area is 121 Å². The van der Waals surface area contributed by atoms with E-state index in [1.54, 1.807) is 6.07 Å². The van der Waals surface area contributed by atoms with E-state index in [-0.39, 0.29) is 5.82 Å². The third-order valence-corrected chi connectivity index (χ3v) is 4.90. The zero-order valence-corrected chi connectivity index (χ0v) is 12.4. The second-order valence-electron chi connectivity index (χ2n) is 6.34. The highest BCUT2D eigenvalue weighted by molar-refractivity contribution is 5.57. The quantitative estimate of drug-likeness (QED) is 0.876. The smallest absolute Gasteiger partial charge is 0.148 e. The van der Waals surface area contributed by atoms with Crippen LogP contribution in [-0.2, 0) is 0 Å². The maximum Gasteiger partial charge on any atom is 0.148 e. The van der Waals surface area contributed by atoms with Crippen molar-refractivity contribution >= 4 is 11.4 Å². The molecule has 2 fully saturated rings. The molecule has 110 valence electrons. The van der Waals surface area contributed by atoms with Gasteiger partial charge in [0.25, 0.3) is 0 Å². The summed E-state index contributed by atoms with van der Waals surface area (Å²) in [7, 11) is 0. The van der Waals surface area contributed by atoms with Crippen LogP contribution in [0.5, 0.6) is 0 Å². The van der Waals surface area contributed by atoms with Gasteiger partial charge in [0.2, 0.25) is 0 Å². The van der Waals surface area contributed by atoms with Gasteiger partial charge in [-0.1, -0.05) is 12.8 Å². The summed E-state index contributed by atoms with van der Waals surface area (Å²) in [5.74, 6) is 0.659. The van der Waals surface area contributed by atoms with Crippen molar-refractivity contribution in [1.82, 2.24) is 0 Å². The SMILES string of the molecule is CC(Nc1ccc(N2CCCC2)c(F)c1)C1CCCC1. The van der Waals surface area contributed by atoms with Gasteiger partial charge in [-0.15, -0.1) is 0 Å². The zero-order valence-electron chi connectivity index (χ0n) is 12.4. The van der Waals surface area contributed by atoms with Gasteiger partial charge in [-0.3, -0.25) is 0 Å². The fourth-order valence-electron chi connectivity index (χ4n) is 3.65. The Bertz CT molecular complexity index is 448. The van der Waals surface area contributed by atoms with E-state index in [9.17, 15) is 4.39 Å². The molecule has 0 radical (unpaired) electrons. The van der Waals surface area contributed by atoms with Crippen molar-refractivity contribution in [3.8, 4) is 0 Å².